The minimum Gasteiger partial charge on any atom is -0.457 e. The van der Waals surface area contributed by atoms with Crippen molar-refractivity contribution >= 4 is 28.5 Å². The average Bonchev–Trinajstić information content (AvgIpc) is 3.13. The van der Waals surface area contributed by atoms with Crippen molar-refractivity contribution < 1.29 is 18.7 Å². The number of benzene rings is 2. The molecule has 1 amide bonds. The molecule has 0 unspecified atom stereocenters. The van der Waals surface area contributed by atoms with E-state index >= 15 is 0 Å². The minimum atomic E-state index is -0.538. The molecule has 1 aliphatic rings. The number of carbonyl (C=O) groups excluding carboxylic acids is 2. The highest BCUT2D eigenvalue weighted by atomic mass is 19.1. The van der Waals surface area contributed by atoms with Gasteiger partial charge in [0.1, 0.15) is 12.4 Å². The summed E-state index contributed by atoms with van der Waals surface area (Å²) in [4.78, 5) is 24.0. The fourth-order valence-corrected chi connectivity index (χ4v) is 2.59. The maximum atomic E-state index is 13.6. The quantitative estimate of drug-likeness (QED) is 0.713. The number of carbonyl (C=O) groups is 2. The van der Waals surface area contributed by atoms with Crippen LogP contribution in [0.15, 0.2) is 36.5 Å². The first kappa shape index (κ1) is 13.4. The standard InChI is InChI=1S/C16H10FN3O3/c17-9-3-12(13-6-18-20-14(13)4-9)15(21)19-10-2-1-8-7-23-16(22)11(8)5-10/h1-6H,7H2,(H,18,20)(H,19,21). The van der Waals surface area contributed by atoms with Crippen LogP contribution in [-0.2, 0) is 11.3 Å². The zero-order valence-corrected chi connectivity index (χ0v) is 11.7. The summed E-state index contributed by atoms with van der Waals surface area (Å²) in [6.45, 7) is 0.238. The Labute approximate surface area is 129 Å². The number of nitrogens with one attached hydrogen (secondary N) is 2. The predicted octanol–water partition coefficient (Wildman–Crippen LogP) is 2.62. The van der Waals surface area contributed by atoms with Gasteiger partial charge in [-0.15, -0.1) is 0 Å². The summed E-state index contributed by atoms with van der Waals surface area (Å²) in [6.07, 6.45) is 1.46. The summed E-state index contributed by atoms with van der Waals surface area (Å²) >= 11 is 0. The monoisotopic (exact) mass is 311 g/mol. The van der Waals surface area contributed by atoms with E-state index in [9.17, 15) is 14.0 Å². The molecular formula is C16H10FN3O3. The summed E-state index contributed by atoms with van der Waals surface area (Å²) in [7, 11) is 0. The van der Waals surface area contributed by atoms with Crippen molar-refractivity contribution in [2.75, 3.05) is 5.32 Å². The number of anilines is 1. The Bertz CT molecular complexity index is 964. The fourth-order valence-electron chi connectivity index (χ4n) is 2.59. The Morgan fingerprint density at radius 2 is 2.17 bits per heavy atom. The molecule has 0 spiro atoms. The molecule has 6 nitrogen and oxygen atoms in total. The molecule has 23 heavy (non-hydrogen) atoms. The largest absolute Gasteiger partial charge is 0.457 e. The second kappa shape index (κ2) is 4.91. The molecule has 7 heteroatoms. The van der Waals surface area contributed by atoms with Gasteiger partial charge in [0.2, 0.25) is 0 Å². The lowest BCUT2D eigenvalue weighted by Gasteiger charge is -2.07. The Morgan fingerprint density at radius 1 is 1.30 bits per heavy atom. The van der Waals surface area contributed by atoms with Crippen molar-refractivity contribution in [2.24, 2.45) is 0 Å². The van der Waals surface area contributed by atoms with E-state index in [1.807, 2.05) is 0 Å². The van der Waals surface area contributed by atoms with Crippen LogP contribution in [0.5, 0.6) is 0 Å². The normalized spacial score (nSPS) is 13.0. The third-order valence-corrected chi connectivity index (χ3v) is 3.71. The number of aromatic amines is 1. The van der Waals surface area contributed by atoms with Crippen LogP contribution in [-0.4, -0.2) is 22.1 Å². The highest BCUT2D eigenvalue weighted by Crippen LogP contribution is 2.25. The van der Waals surface area contributed by atoms with Crippen LogP contribution in [0.2, 0.25) is 0 Å². The molecule has 0 saturated heterocycles. The Hall–Kier alpha value is -3.22. The van der Waals surface area contributed by atoms with Gasteiger partial charge in [0.15, 0.2) is 0 Å². The van der Waals surface area contributed by atoms with E-state index in [4.69, 9.17) is 4.74 Å². The zero-order valence-electron chi connectivity index (χ0n) is 11.7. The molecule has 1 aliphatic heterocycles. The van der Waals surface area contributed by atoms with Gasteiger partial charge in [-0.2, -0.15) is 5.10 Å². The van der Waals surface area contributed by atoms with Crippen LogP contribution < -0.4 is 5.32 Å². The smallest absolute Gasteiger partial charge is 0.338 e. The highest BCUT2D eigenvalue weighted by Gasteiger charge is 2.22. The van der Waals surface area contributed by atoms with Gasteiger partial charge in [0.25, 0.3) is 5.91 Å². The van der Waals surface area contributed by atoms with E-state index in [0.717, 1.165) is 11.6 Å². The number of hydrogen-bond acceptors (Lipinski definition) is 4. The van der Waals surface area contributed by atoms with Crippen molar-refractivity contribution in [3.05, 3.63) is 59.0 Å². The maximum absolute atomic E-state index is 13.6. The van der Waals surface area contributed by atoms with Crippen molar-refractivity contribution in [1.29, 1.82) is 0 Å². The van der Waals surface area contributed by atoms with Crippen LogP contribution in [0.25, 0.3) is 10.9 Å². The number of cyclic esters (lactones) is 1. The second-order valence-electron chi connectivity index (χ2n) is 5.19. The molecule has 2 aromatic carbocycles. The van der Waals surface area contributed by atoms with E-state index in [1.165, 1.54) is 12.3 Å². The van der Waals surface area contributed by atoms with E-state index in [1.54, 1.807) is 18.2 Å². The number of rotatable bonds is 2. The van der Waals surface area contributed by atoms with Crippen molar-refractivity contribution in [1.82, 2.24) is 10.2 Å². The highest BCUT2D eigenvalue weighted by molar-refractivity contribution is 6.12. The minimum absolute atomic E-state index is 0.164. The number of esters is 1. The zero-order chi connectivity index (χ0) is 16.0. The Balaban J connectivity index is 1.69. The topological polar surface area (TPSA) is 84.1 Å². The van der Waals surface area contributed by atoms with Gasteiger partial charge in [0, 0.05) is 16.6 Å². The van der Waals surface area contributed by atoms with E-state index < -0.39 is 17.7 Å². The van der Waals surface area contributed by atoms with Gasteiger partial charge in [-0.05, 0) is 24.3 Å². The predicted molar refractivity (Wildman–Crippen MR) is 79.6 cm³/mol. The van der Waals surface area contributed by atoms with Crippen LogP contribution in [0.1, 0.15) is 26.3 Å². The average molecular weight is 311 g/mol. The molecule has 0 aliphatic carbocycles. The van der Waals surface area contributed by atoms with Crippen LogP contribution in [0.3, 0.4) is 0 Å². The second-order valence-corrected chi connectivity index (χ2v) is 5.19. The molecule has 0 saturated carbocycles. The number of amides is 1. The van der Waals surface area contributed by atoms with Gasteiger partial charge in [-0.1, -0.05) is 6.07 Å². The van der Waals surface area contributed by atoms with Gasteiger partial charge in [0.05, 0.1) is 22.8 Å². The molecule has 4 rings (SSSR count). The lowest BCUT2D eigenvalue weighted by atomic mass is 10.1. The molecule has 114 valence electrons. The molecule has 1 aromatic heterocycles. The molecule has 2 N–H and O–H groups in total. The first-order valence-electron chi connectivity index (χ1n) is 6.86. The molecule has 0 radical (unpaired) electrons. The third-order valence-electron chi connectivity index (χ3n) is 3.71. The lowest BCUT2D eigenvalue weighted by Crippen LogP contribution is -2.13. The summed E-state index contributed by atoms with van der Waals surface area (Å²) in [5.41, 5.74) is 2.24. The summed E-state index contributed by atoms with van der Waals surface area (Å²) in [5, 5.41) is 9.63. The van der Waals surface area contributed by atoms with E-state index in [-0.39, 0.29) is 12.2 Å². The summed E-state index contributed by atoms with van der Waals surface area (Å²) in [6, 6.07) is 7.35. The summed E-state index contributed by atoms with van der Waals surface area (Å²) < 4.78 is 18.5. The fraction of sp³-hybridized carbons (Fsp3) is 0.0625. The van der Waals surface area contributed by atoms with E-state index in [2.05, 4.69) is 15.5 Å². The Kier molecular flexibility index (Phi) is 2.87. The molecule has 0 atom stereocenters. The molecule has 3 aromatic rings. The van der Waals surface area contributed by atoms with Gasteiger partial charge < -0.3 is 10.1 Å². The van der Waals surface area contributed by atoms with Crippen LogP contribution in [0, 0.1) is 5.82 Å². The maximum Gasteiger partial charge on any atom is 0.338 e. The molecule has 0 fully saturated rings. The SMILES string of the molecule is O=C1OCc2ccc(NC(=O)c3cc(F)cc4[nH]ncc34)cc21. The number of H-pyrrole nitrogens is 1. The first-order chi connectivity index (χ1) is 11.1. The molecular weight excluding hydrogens is 301 g/mol. The van der Waals surface area contributed by atoms with Gasteiger partial charge in [-0.25, -0.2) is 9.18 Å². The molecule has 2 heterocycles. The number of nitrogens with zero attached hydrogens (tertiary/aromatic N) is 1. The number of aromatic nitrogens is 2. The van der Waals surface area contributed by atoms with Crippen molar-refractivity contribution in [3.63, 3.8) is 0 Å². The third kappa shape index (κ3) is 2.22. The number of hydrogen-bond donors (Lipinski definition) is 2. The van der Waals surface area contributed by atoms with E-state index in [0.29, 0.717) is 22.2 Å². The summed E-state index contributed by atoms with van der Waals surface area (Å²) in [5.74, 6) is -1.44. The van der Waals surface area contributed by atoms with Crippen molar-refractivity contribution in [3.8, 4) is 0 Å². The number of ether oxygens (including phenoxy) is 1. The van der Waals surface area contributed by atoms with Gasteiger partial charge >= 0.3 is 5.97 Å². The number of halogens is 1. The lowest BCUT2D eigenvalue weighted by molar-refractivity contribution is 0.0535. The van der Waals surface area contributed by atoms with Crippen molar-refractivity contribution in [2.45, 2.75) is 6.61 Å². The molecule has 0 bridgehead atoms. The number of fused-ring (bicyclic) bond motifs is 2. The van der Waals surface area contributed by atoms with Crippen LogP contribution >= 0.6 is 0 Å². The van der Waals surface area contributed by atoms with Gasteiger partial charge in [-0.3, -0.25) is 9.89 Å². The first-order valence-corrected chi connectivity index (χ1v) is 6.86. The Morgan fingerprint density at radius 3 is 3.04 bits per heavy atom. The van der Waals surface area contributed by atoms with Crippen LogP contribution in [0.4, 0.5) is 10.1 Å².